The molecule has 0 radical (unpaired) electrons. The lowest BCUT2D eigenvalue weighted by Gasteiger charge is -2.31. The van der Waals surface area contributed by atoms with E-state index in [2.05, 4.69) is 41.1 Å². The predicted molar refractivity (Wildman–Crippen MR) is 74.6 cm³/mol. The molecular formula is C14H24N4. The number of nitrogens with two attached hydrogens (primary N) is 1. The molecule has 0 atom stereocenters. The lowest BCUT2D eigenvalue weighted by Crippen LogP contribution is -2.36. The minimum atomic E-state index is 0.630. The van der Waals surface area contributed by atoms with Crippen molar-refractivity contribution in [2.24, 2.45) is 17.6 Å². The van der Waals surface area contributed by atoms with E-state index in [0.717, 1.165) is 37.6 Å². The molecular weight excluding hydrogens is 224 g/mol. The van der Waals surface area contributed by atoms with Gasteiger partial charge in [0.2, 0.25) is 0 Å². The Morgan fingerprint density at radius 1 is 1.28 bits per heavy atom. The molecule has 1 aromatic heterocycles. The Morgan fingerprint density at radius 3 is 2.50 bits per heavy atom. The zero-order valence-corrected chi connectivity index (χ0v) is 11.5. The van der Waals surface area contributed by atoms with Gasteiger partial charge in [0.25, 0.3) is 0 Å². The van der Waals surface area contributed by atoms with Gasteiger partial charge in [-0.3, -0.25) is 0 Å². The molecule has 1 saturated heterocycles. The molecule has 18 heavy (non-hydrogen) atoms. The fraction of sp³-hybridized carbons (Fsp3) is 0.714. The van der Waals surface area contributed by atoms with Crippen LogP contribution in [0, 0.1) is 11.8 Å². The molecule has 0 saturated carbocycles. The second kappa shape index (κ2) is 6.14. The Kier molecular flexibility index (Phi) is 4.53. The largest absolute Gasteiger partial charge is 0.355 e. The van der Waals surface area contributed by atoms with Gasteiger partial charge in [0, 0.05) is 13.1 Å². The molecule has 1 fully saturated rings. The average Bonchev–Trinajstić information content (AvgIpc) is 2.39. The molecule has 2 heterocycles. The molecule has 0 amide bonds. The summed E-state index contributed by atoms with van der Waals surface area (Å²) in [6.45, 7) is 7.33. The second-order valence-electron chi connectivity index (χ2n) is 5.65. The molecule has 4 nitrogen and oxygen atoms in total. The first-order valence-corrected chi connectivity index (χ1v) is 6.96. The number of hydrogen-bond acceptors (Lipinski definition) is 4. The minimum Gasteiger partial charge on any atom is -0.355 e. The van der Waals surface area contributed by atoms with Gasteiger partial charge in [-0.25, -0.2) is 0 Å². The highest BCUT2D eigenvalue weighted by Gasteiger charge is 2.19. The van der Waals surface area contributed by atoms with E-state index in [1.54, 1.807) is 0 Å². The van der Waals surface area contributed by atoms with Crippen LogP contribution in [0.1, 0.15) is 32.4 Å². The summed E-state index contributed by atoms with van der Waals surface area (Å²) >= 11 is 0. The van der Waals surface area contributed by atoms with Crippen molar-refractivity contribution in [2.45, 2.75) is 33.1 Å². The summed E-state index contributed by atoms with van der Waals surface area (Å²) < 4.78 is 0. The summed E-state index contributed by atoms with van der Waals surface area (Å²) in [5, 5.41) is 8.67. The van der Waals surface area contributed by atoms with E-state index >= 15 is 0 Å². The Bertz CT molecular complexity index is 353. The Hall–Kier alpha value is -1.16. The van der Waals surface area contributed by atoms with Crippen molar-refractivity contribution in [2.75, 3.05) is 24.5 Å². The summed E-state index contributed by atoms with van der Waals surface area (Å²) in [6.07, 6.45) is 3.35. The molecule has 4 heteroatoms. The highest BCUT2D eigenvalue weighted by atomic mass is 15.3. The Labute approximate surface area is 110 Å². The van der Waals surface area contributed by atoms with Gasteiger partial charge in [0.1, 0.15) is 0 Å². The zero-order chi connectivity index (χ0) is 13.0. The van der Waals surface area contributed by atoms with Crippen molar-refractivity contribution in [3.63, 3.8) is 0 Å². The maximum absolute atomic E-state index is 5.71. The maximum atomic E-state index is 5.71. The van der Waals surface area contributed by atoms with Crippen LogP contribution in [0.3, 0.4) is 0 Å². The van der Waals surface area contributed by atoms with Crippen LogP contribution in [-0.4, -0.2) is 29.8 Å². The first-order valence-electron chi connectivity index (χ1n) is 6.96. The fourth-order valence-electron chi connectivity index (χ4n) is 2.45. The third-order valence-electron chi connectivity index (χ3n) is 3.59. The second-order valence-corrected chi connectivity index (χ2v) is 5.65. The van der Waals surface area contributed by atoms with Gasteiger partial charge in [-0.05, 0) is 49.8 Å². The van der Waals surface area contributed by atoms with Crippen LogP contribution in [0.4, 0.5) is 5.82 Å². The van der Waals surface area contributed by atoms with Gasteiger partial charge in [0.05, 0.1) is 5.69 Å². The van der Waals surface area contributed by atoms with Crippen LogP contribution < -0.4 is 10.6 Å². The van der Waals surface area contributed by atoms with Crippen molar-refractivity contribution in [3.8, 4) is 0 Å². The number of nitrogens with zero attached hydrogens (tertiary/aromatic N) is 3. The van der Waals surface area contributed by atoms with Gasteiger partial charge < -0.3 is 10.6 Å². The van der Waals surface area contributed by atoms with Gasteiger partial charge in [-0.15, -0.1) is 5.10 Å². The van der Waals surface area contributed by atoms with E-state index in [9.17, 15) is 0 Å². The first-order chi connectivity index (χ1) is 8.69. The molecule has 2 N–H and O–H groups in total. The molecule has 0 spiro atoms. The number of piperidine rings is 1. The van der Waals surface area contributed by atoms with Crippen molar-refractivity contribution in [1.82, 2.24) is 10.2 Å². The molecule has 0 bridgehead atoms. The van der Waals surface area contributed by atoms with E-state index in [0.29, 0.717) is 11.8 Å². The molecule has 0 aromatic carbocycles. The van der Waals surface area contributed by atoms with Crippen molar-refractivity contribution >= 4 is 5.82 Å². The third kappa shape index (κ3) is 3.42. The van der Waals surface area contributed by atoms with Crippen LogP contribution in [0.2, 0.25) is 0 Å². The van der Waals surface area contributed by atoms with Crippen molar-refractivity contribution < 1.29 is 0 Å². The Balaban J connectivity index is 1.93. The average molecular weight is 248 g/mol. The summed E-state index contributed by atoms with van der Waals surface area (Å²) in [5.74, 6) is 2.33. The molecule has 100 valence electrons. The van der Waals surface area contributed by atoms with E-state index < -0.39 is 0 Å². The highest BCUT2D eigenvalue weighted by molar-refractivity contribution is 5.37. The summed E-state index contributed by atoms with van der Waals surface area (Å²) in [5.41, 5.74) is 6.80. The topological polar surface area (TPSA) is 55.0 Å². The van der Waals surface area contributed by atoms with Crippen molar-refractivity contribution in [3.05, 3.63) is 17.8 Å². The van der Waals surface area contributed by atoms with Gasteiger partial charge in [-0.1, -0.05) is 13.8 Å². The van der Waals surface area contributed by atoms with Gasteiger partial charge >= 0.3 is 0 Å². The fourth-order valence-corrected chi connectivity index (χ4v) is 2.45. The molecule has 0 aliphatic carbocycles. The van der Waals surface area contributed by atoms with Crippen molar-refractivity contribution in [1.29, 1.82) is 0 Å². The highest BCUT2D eigenvalue weighted by Crippen LogP contribution is 2.20. The predicted octanol–water partition coefficient (Wildman–Crippen LogP) is 1.85. The summed E-state index contributed by atoms with van der Waals surface area (Å²) in [4.78, 5) is 2.32. The molecule has 1 aliphatic heterocycles. The number of anilines is 1. The molecule has 2 rings (SSSR count). The minimum absolute atomic E-state index is 0.630. The van der Waals surface area contributed by atoms with Gasteiger partial charge in [0.15, 0.2) is 5.82 Å². The maximum Gasteiger partial charge on any atom is 0.151 e. The lowest BCUT2D eigenvalue weighted by atomic mass is 9.97. The molecule has 0 unspecified atom stereocenters. The number of aromatic nitrogens is 2. The molecule has 1 aliphatic rings. The lowest BCUT2D eigenvalue weighted by molar-refractivity contribution is 0.412. The van der Waals surface area contributed by atoms with E-state index in [1.807, 2.05) is 0 Å². The monoisotopic (exact) mass is 248 g/mol. The third-order valence-corrected chi connectivity index (χ3v) is 3.59. The van der Waals surface area contributed by atoms with Crippen LogP contribution >= 0.6 is 0 Å². The quantitative estimate of drug-likeness (QED) is 0.883. The Morgan fingerprint density at radius 2 is 2.00 bits per heavy atom. The van der Waals surface area contributed by atoms with Gasteiger partial charge in [-0.2, -0.15) is 5.10 Å². The van der Waals surface area contributed by atoms with E-state index in [1.165, 1.54) is 12.8 Å². The standard InChI is InChI=1S/C14H24N4/c1-11(2)9-13-3-4-14(17-16-13)18-7-5-12(10-15)6-8-18/h3-4,11-12H,5-10,15H2,1-2H3. The summed E-state index contributed by atoms with van der Waals surface area (Å²) in [6, 6.07) is 4.21. The molecule has 1 aromatic rings. The summed E-state index contributed by atoms with van der Waals surface area (Å²) in [7, 11) is 0. The van der Waals surface area contributed by atoms with E-state index in [-0.39, 0.29) is 0 Å². The zero-order valence-electron chi connectivity index (χ0n) is 11.5. The number of rotatable bonds is 4. The number of hydrogen-bond donors (Lipinski definition) is 1. The SMILES string of the molecule is CC(C)Cc1ccc(N2CCC(CN)CC2)nn1. The van der Waals surface area contributed by atoms with E-state index in [4.69, 9.17) is 5.73 Å². The smallest absolute Gasteiger partial charge is 0.151 e. The van der Waals surface area contributed by atoms with Crippen LogP contribution in [0.15, 0.2) is 12.1 Å². The van der Waals surface area contributed by atoms with Crippen LogP contribution in [0.25, 0.3) is 0 Å². The van der Waals surface area contributed by atoms with Crippen LogP contribution in [-0.2, 0) is 6.42 Å². The first kappa shape index (κ1) is 13.3. The normalized spacial score (nSPS) is 17.4. The van der Waals surface area contributed by atoms with Crippen LogP contribution in [0.5, 0.6) is 0 Å².